The average molecular weight is 275 g/mol. The van der Waals surface area contributed by atoms with Gasteiger partial charge in [-0.3, -0.25) is 4.79 Å². The Bertz CT molecular complexity index is 271. The minimum Gasteiger partial charge on any atom is -0.465 e. The number of fused-ring (bicyclic) bond motifs is 1. The van der Waals surface area contributed by atoms with E-state index in [0.717, 1.165) is 12.5 Å². The number of esters is 1. The van der Waals surface area contributed by atoms with Crippen molar-refractivity contribution >= 4 is 17.6 Å². The van der Waals surface area contributed by atoms with Crippen LogP contribution in [0.2, 0.25) is 0 Å². The Morgan fingerprint density at radius 2 is 2.06 bits per heavy atom. The molecule has 1 N–H and O–H groups in total. The lowest BCUT2D eigenvalue weighted by molar-refractivity contribution is -0.940. The first kappa shape index (κ1) is 14.1. The molecule has 2 aliphatic rings. The number of nitrogens with one attached hydrogen (secondary N) is 1. The molecule has 0 aromatic rings. The van der Waals surface area contributed by atoms with E-state index in [4.69, 9.17) is 16.3 Å². The SMILES string of the molecule is O=C(CCCCl)OC[C@H]1CCC[NH+]2CCCC[C@@H]12. The van der Waals surface area contributed by atoms with Crippen molar-refractivity contribution in [3.8, 4) is 0 Å². The molecule has 0 amide bonds. The molecule has 0 spiro atoms. The Morgan fingerprint density at radius 1 is 1.22 bits per heavy atom. The van der Waals surface area contributed by atoms with Crippen LogP contribution in [0.1, 0.15) is 44.9 Å². The number of hydrogen-bond donors (Lipinski definition) is 1. The highest BCUT2D eigenvalue weighted by atomic mass is 35.5. The van der Waals surface area contributed by atoms with Crippen molar-refractivity contribution in [2.75, 3.05) is 25.6 Å². The summed E-state index contributed by atoms with van der Waals surface area (Å²) in [5, 5.41) is 0. The van der Waals surface area contributed by atoms with Crippen LogP contribution in [-0.4, -0.2) is 37.6 Å². The van der Waals surface area contributed by atoms with Gasteiger partial charge in [-0.05, 0) is 38.5 Å². The number of quaternary nitrogens is 1. The minimum absolute atomic E-state index is 0.0708. The van der Waals surface area contributed by atoms with Crippen LogP contribution in [0.5, 0.6) is 0 Å². The summed E-state index contributed by atoms with van der Waals surface area (Å²) in [6.45, 7) is 3.28. The van der Waals surface area contributed by atoms with Gasteiger partial charge in [-0.1, -0.05) is 0 Å². The Hall–Kier alpha value is -0.280. The zero-order chi connectivity index (χ0) is 12.8. The number of piperidine rings is 2. The first-order valence-corrected chi connectivity index (χ1v) is 7.91. The summed E-state index contributed by atoms with van der Waals surface area (Å²) in [7, 11) is 0. The van der Waals surface area contributed by atoms with Crippen LogP contribution < -0.4 is 4.90 Å². The van der Waals surface area contributed by atoms with Crippen molar-refractivity contribution in [2.45, 2.75) is 51.0 Å². The molecule has 2 saturated heterocycles. The number of hydrogen-bond acceptors (Lipinski definition) is 2. The van der Waals surface area contributed by atoms with Gasteiger partial charge in [0, 0.05) is 18.2 Å². The molecule has 2 heterocycles. The summed E-state index contributed by atoms with van der Waals surface area (Å²) in [6, 6.07) is 0.744. The number of rotatable bonds is 5. The first-order valence-electron chi connectivity index (χ1n) is 7.37. The molecule has 2 rings (SSSR count). The second-order valence-corrected chi connectivity index (χ2v) is 6.02. The third kappa shape index (κ3) is 3.86. The van der Waals surface area contributed by atoms with E-state index in [9.17, 15) is 4.79 Å². The monoisotopic (exact) mass is 274 g/mol. The topological polar surface area (TPSA) is 30.7 Å². The fourth-order valence-electron chi connectivity index (χ4n) is 3.46. The fourth-order valence-corrected chi connectivity index (χ4v) is 3.59. The van der Waals surface area contributed by atoms with Crippen LogP contribution in [-0.2, 0) is 9.53 Å². The third-order valence-corrected chi connectivity index (χ3v) is 4.67. The summed E-state index contributed by atoms with van der Waals surface area (Å²) in [5.74, 6) is 1.06. The summed E-state index contributed by atoms with van der Waals surface area (Å²) < 4.78 is 5.42. The van der Waals surface area contributed by atoms with Crippen molar-refractivity contribution in [3.63, 3.8) is 0 Å². The van der Waals surface area contributed by atoms with Gasteiger partial charge in [0.1, 0.15) is 0 Å². The highest BCUT2D eigenvalue weighted by Gasteiger charge is 2.36. The molecule has 0 saturated carbocycles. The quantitative estimate of drug-likeness (QED) is 0.607. The zero-order valence-electron chi connectivity index (χ0n) is 11.1. The van der Waals surface area contributed by atoms with Gasteiger partial charge in [-0.15, -0.1) is 11.6 Å². The van der Waals surface area contributed by atoms with Crippen molar-refractivity contribution in [1.82, 2.24) is 0 Å². The van der Waals surface area contributed by atoms with Crippen molar-refractivity contribution in [1.29, 1.82) is 0 Å². The van der Waals surface area contributed by atoms with Crippen molar-refractivity contribution in [3.05, 3.63) is 0 Å². The van der Waals surface area contributed by atoms with Crippen LogP contribution in [0.25, 0.3) is 0 Å². The molecule has 0 bridgehead atoms. The molecule has 0 radical (unpaired) electrons. The van der Waals surface area contributed by atoms with E-state index < -0.39 is 0 Å². The molecule has 0 aromatic heterocycles. The maximum atomic E-state index is 11.5. The maximum Gasteiger partial charge on any atom is 0.305 e. The van der Waals surface area contributed by atoms with Crippen LogP contribution in [0.4, 0.5) is 0 Å². The summed E-state index contributed by atoms with van der Waals surface area (Å²) in [4.78, 5) is 13.3. The van der Waals surface area contributed by atoms with E-state index in [0.29, 0.717) is 24.8 Å². The van der Waals surface area contributed by atoms with Crippen LogP contribution in [0.3, 0.4) is 0 Å². The van der Waals surface area contributed by atoms with Gasteiger partial charge in [0.25, 0.3) is 0 Å². The molecule has 3 nitrogen and oxygen atoms in total. The van der Waals surface area contributed by atoms with Gasteiger partial charge < -0.3 is 9.64 Å². The summed E-state index contributed by atoms with van der Waals surface area (Å²) >= 11 is 5.57. The van der Waals surface area contributed by atoms with Gasteiger partial charge in [0.2, 0.25) is 0 Å². The number of halogens is 1. The van der Waals surface area contributed by atoms with E-state index >= 15 is 0 Å². The lowest BCUT2D eigenvalue weighted by Gasteiger charge is -2.40. The highest BCUT2D eigenvalue weighted by Crippen LogP contribution is 2.20. The molecule has 0 aromatic carbocycles. The Labute approximate surface area is 115 Å². The van der Waals surface area contributed by atoms with E-state index in [1.54, 1.807) is 4.90 Å². The van der Waals surface area contributed by atoms with Crippen LogP contribution >= 0.6 is 11.6 Å². The molecule has 3 atom stereocenters. The standard InChI is InChI=1S/C14H24ClNO2/c15-8-3-7-14(17)18-11-12-5-4-10-16-9-2-1-6-13(12)16/h12-13H,1-11H2/p+1/t12-,13+/m1/s1. The van der Waals surface area contributed by atoms with Gasteiger partial charge in [-0.2, -0.15) is 0 Å². The van der Waals surface area contributed by atoms with Gasteiger partial charge >= 0.3 is 5.97 Å². The molecular formula is C14H25ClNO2+. The van der Waals surface area contributed by atoms with Crippen LogP contribution in [0, 0.1) is 5.92 Å². The first-order chi connectivity index (χ1) is 8.81. The molecule has 104 valence electrons. The second-order valence-electron chi connectivity index (χ2n) is 5.64. The average Bonchev–Trinajstić information content (AvgIpc) is 2.42. The number of carbonyl (C=O) groups is 1. The van der Waals surface area contributed by atoms with E-state index in [2.05, 4.69) is 0 Å². The van der Waals surface area contributed by atoms with E-state index in [-0.39, 0.29) is 5.97 Å². The summed E-state index contributed by atoms with van der Waals surface area (Å²) in [5.41, 5.74) is 0. The number of ether oxygens (including phenoxy) is 1. The maximum absolute atomic E-state index is 11.5. The Balaban J connectivity index is 1.75. The second kappa shape index (κ2) is 7.34. The van der Waals surface area contributed by atoms with Gasteiger partial charge in [0.15, 0.2) is 0 Å². The molecule has 2 aliphatic heterocycles. The van der Waals surface area contributed by atoms with Gasteiger partial charge in [0.05, 0.1) is 25.7 Å². The predicted molar refractivity (Wildman–Crippen MR) is 72.0 cm³/mol. The highest BCUT2D eigenvalue weighted by molar-refractivity contribution is 6.17. The lowest BCUT2D eigenvalue weighted by Crippen LogP contribution is -3.18. The molecule has 2 fully saturated rings. The normalized spacial score (nSPS) is 31.7. The zero-order valence-corrected chi connectivity index (χ0v) is 11.9. The van der Waals surface area contributed by atoms with Crippen LogP contribution in [0.15, 0.2) is 0 Å². The molecule has 0 aliphatic carbocycles. The van der Waals surface area contributed by atoms with Crippen molar-refractivity contribution in [2.24, 2.45) is 5.92 Å². The molecule has 18 heavy (non-hydrogen) atoms. The molecule has 4 heteroatoms. The van der Waals surface area contributed by atoms with E-state index in [1.165, 1.54) is 45.2 Å². The minimum atomic E-state index is -0.0708. The molecular weight excluding hydrogens is 250 g/mol. The fraction of sp³-hybridized carbons (Fsp3) is 0.929. The largest absolute Gasteiger partial charge is 0.465 e. The van der Waals surface area contributed by atoms with Gasteiger partial charge in [-0.25, -0.2) is 0 Å². The van der Waals surface area contributed by atoms with E-state index in [1.807, 2.05) is 0 Å². The summed E-state index contributed by atoms with van der Waals surface area (Å²) in [6.07, 6.45) is 7.76. The smallest absolute Gasteiger partial charge is 0.305 e. The van der Waals surface area contributed by atoms with Crippen molar-refractivity contribution < 1.29 is 14.4 Å². The lowest BCUT2D eigenvalue weighted by atomic mass is 9.84. The Kier molecular flexibility index (Phi) is 5.77. The Morgan fingerprint density at radius 3 is 2.89 bits per heavy atom. The number of carbonyl (C=O) groups excluding carboxylic acids is 1. The number of alkyl halides is 1. The predicted octanol–water partition coefficient (Wildman–Crippen LogP) is 1.40. The molecule has 1 unspecified atom stereocenters. The third-order valence-electron chi connectivity index (χ3n) is 4.40.